The van der Waals surface area contributed by atoms with Crippen LogP contribution < -0.4 is 5.32 Å². The van der Waals surface area contributed by atoms with E-state index >= 15 is 0 Å². The van der Waals surface area contributed by atoms with E-state index in [1.54, 1.807) is 12.1 Å². The Hall–Kier alpha value is -1.88. The van der Waals surface area contributed by atoms with Crippen molar-refractivity contribution in [3.05, 3.63) is 69.9 Å². The Morgan fingerprint density at radius 1 is 1.29 bits per heavy atom. The summed E-state index contributed by atoms with van der Waals surface area (Å²) in [5.74, 6) is -0.336. The van der Waals surface area contributed by atoms with Gasteiger partial charge < -0.3 is 10.1 Å². The summed E-state index contributed by atoms with van der Waals surface area (Å²) in [5, 5.41) is 2.71. The molecule has 2 aromatic rings. The number of carbonyl (C=O) groups excluding carboxylic acids is 1. The van der Waals surface area contributed by atoms with Gasteiger partial charge in [0.1, 0.15) is 12.4 Å². The molecule has 0 unspecified atom stereocenters. The summed E-state index contributed by atoms with van der Waals surface area (Å²) in [5.41, 5.74) is 1.71. The molecule has 2 rings (SSSR count). The first kappa shape index (κ1) is 15.5. The van der Waals surface area contributed by atoms with Crippen LogP contribution in [0.15, 0.2) is 53.0 Å². The minimum Gasteiger partial charge on any atom is -0.445 e. The summed E-state index contributed by atoms with van der Waals surface area (Å²) >= 11 is 3.12. The van der Waals surface area contributed by atoms with Gasteiger partial charge in [-0.1, -0.05) is 36.4 Å². The van der Waals surface area contributed by atoms with Crippen LogP contribution in [0.2, 0.25) is 0 Å². The van der Waals surface area contributed by atoms with Gasteiger partial charge in [-0.3, -0.25) is 0 Å². The summed E-state index contributed by atoms with van der Waals surface area (Å²) in [6, 6.07) is 13.8. The van der Waals surface area contributed by atoms with Crippen molar-refractivity contribution in [2.75, 3.05) is 0 Å². The van der Waals surface area contributed by atoms with Crippen molar-refractivity contribution in [2.24, 2.45) is 0 Å². The van der Waals surface area contributed by atoms with Gasteiger partial charge in [0.25, 0.3) is 0 Å². The molecule has 1 amide bonds. The van der Waals surface area contributed by atoms with E-state index in [1.165, 1.54) is 6.07 Å². The highest BCUT2D eigenvalue weighted by Gasteiger charge is 2.12. The number of hydrogen-bond acceptors (Lipinski definition) is 2. The van der Waals surface area contributed by atoms with E-state index in [2.05, 4.69) is 21.2 Å². The van der Waals surface area contributed by atoms with Crippen LogP contribution in [-0.2, 0) is 11.3 Å². The highest BCUT2D eigenvalue weighted by Crippen LogP contribution is 2.21. The first-order valence-corrected chi connectivity index (χ1v) is 7.27. The average Bonchev–Trinajstić information content (AvgIpc) is 2.49. The lowest BCUT2D eigenvalue weighted by atomic mass is 10.1. The minimum atomic E-state index is -0.508. The lowest BCUT2D eigenvalue weighted by molar-refractivity contribution is 0.136. The third-order valence-corrected chi connectivity index (χ3v) is 3.60. The van der Waals surface area contributed by atoms with Crippen molar-refractivity contribution >= 4 is 22.0 Å². The average molecular weight is 352 g/mol. The summed E-state index contributed by atoms with van der Waals surface area (Å²) in [6.45, 7) is 2.02. The lowest BCUT2D eigenvalue weighted by Crippen LogP contribution is -2.27. The molecular weight excluding hydrogens is 337 g/mol. The van der Waals surface area contributed by atoms with Gasteiger partial charge >= 0.3 is 6.09 Å². The van der Waals surface area contributed by atoms with Crippen molar-refractivity contribution < 1.29 is 13.9 Å². The maximum absolute atomic E-state index is 13.2. The number of alkyl carbamates (subject to hydrolysis) is 1. The predicted molar refractivity (Wildman–Crippen MR) is 82.3 cm³/mol. The van der Waals surface area contributed by atoms with Crippen LogP contribution in [-0.4, -0.2) is 6.09 Å². The fraction of sp³-hybridized carbons (Fsp3) is 0.188. The second-order valence-electron chi connectivity index (χ2n) is 4.60. The third-order valence-electron chi connectivity index (χ3n) is 2.99. The molecule has 5 heteroatoms. The van der Waals surface area contributed by atoms with Crippen molar-refractivity contribution in [1.82, 2.24) is 5.32 Å². The van der Waals surface area contributed by atoms with E-state index in [9.17, 15) is 9.18 Å². The van der Waals surface area contributed by atoms with Crippen LogP contribution in [0.1, 0.15) is 24.1 Å². The van der Waals surface area contributed by atoms with E-state index in [1.807, 2.05) is 37.3 Å². The van der Waals surface area contributed by atoms with Gasteiger partial charge in [-0.05, 0) is 46.1 Å². The van der Waals surface area contributed by atoms with Gasteiger partial charge in [0.05, 0.1) is 10.5 Å². The number of ether oxygens (including phenoxy) is 1. The maximum Gasteiger partial charge on any atom is 0.407 e. The Bertz CT molecular complexity index is 619. The maximum atomic E-state index is 13.2. The van der Waals surface area contributed by atoms with E-state index in [4.69, 9.17) is 4.74 Å². The molecule has 0 bridgehead atoms. The summed E-state index contributed by atoms with van der Waals surface area (Å²) in [6.07, 6.45) is -0.508. The molecule has 0 heterocycles. The van der Waals surface area contributed by atoms with Crippen LogP contribution in [0.25, 0.3) is 0 Å². The molecule has 1 atom stereocenters. The Kier molecular flexibility index (Phi) is 5.33. The zero-order valence-corrected chi connectivity index (χ0v) is 13.1. The first-order valence-electron chi connectivity index (χ1n) is 6.48. The molecule has 0 spiro atoms. The molecule has 0 saturated heterocycles. The van der Waals surface area contributed by atoms with Gasteiger partial charge in [-0.2, -0.15) is 0 Å². The molecule has 110 valence electrons. The number of rotatable bonds is 4. The van der Waals surface area contributed by atoms with Crippen LogP contribution in [0.3, 0.4) is 0 Å². The number of nitrogens with one attached hydrogen (secondary N) is 1. The second kappa shape index (κ2) is 7.22. The third kappa shape index (κ3) is 4.56. The highest BCUT2D eigenvalue weighted by atomic mass is 79.9. The van der Waals surface area contributed by atoms with Crippen LogP contribution >= 0.6 is 15.9 Å². The lowest BCUT2D eigenvalue weighted by Gasteiger charge is -2.15. The van der Waals surface area contributed by atoms with Gasteiger partial charge in [0.2, 0.25) is 0 Å². The summed E-state index contributed by atoms with van der Waals surface area (Å²) in [4.78, 5) is 11.7. The smallest absolute Gasteiger partial charge is 0.407 e. The topological polar surface area (TPSA) is 38.3 Å². The van der Waals surface area contributed by atoms with Gasteiger partial charge in [0, 0.05) is 0 Å². The van der Waals surface area contributed by atoms with Crippen molar-refractivity contribution in [3.8, 4) is 0 Å². The SMILES string of the molecule is C[C@H](NC(=O)OCc1ccccc1)c1ccc(F)c(Br)c1. The highest BCUT2D eigenvalue weighted by molar-refractivity contribution is 9.10. The fourth-order valence-electron chi connectivity index (χ4n) is 1.81. The molecule has 0 saturated carbocycles. The molecule has 0 aliphatic rings. The number of carbonyl (C=O) groups is 1. The molecule has 3 nitrogen and oxygen atoms in total. The molecule has 0 radical (unpaired) electrons. The largest absolute Gasteiger partial charge is 0.445 e. The normalized spacial score (nSPS) is 11.8. The van der Waals surface area contributed by atoms with Crippen LogP contribution in [0.4, 0.5) is 9.18 Å². The van der Waals surface area contributed by atoms with Gasteiger partial charge in [-0.15, -0.1) is 0 Å². The molecule has 21 heavy (non-hydrogen) atoms. The van der Waals surface area contributed by atoms with E-state index in [-0.39, 0.29) is 18.5 Å². The predicted octanol–water partition coefficient (Wildman–Crippen LogP) is 4.58. The number of hydrogen-bond donors (Lipinski definition) is 1. The van der Waals surface area contributed by atoms with E-state index < -0.39 is 6.09 Å². The number of halogens is 2. The Balaban J connectivity index is 1.88. The standard InChI is InChI=1S/C16H15BrFNO2/c1-11(13-7-8-15(18)14(17)9-13)19-16(20)21-10-12-5-3-2-4-6-12/h2-9,11H,10H2,1H3,(H,19,20)/t11-/m0/s1. The molecule has 0 fully saturated rings. The zero-order valence-electron chi connectivity index (χ0n) is 11.5. The van der Waals surface area contributed by atoms with Crippen molar-refractivity contribution in [2.45, 2.75) is 19.6 Å². The molecule has 1 N–H and O–H groups in total. The van der Waals surface area contributed by atoms with Crippen LogP contribution in [0, 0.1) is 5.82 Å². The molecule has 0 aliphatic heterocycles. The Morgan fingerprint density at radius 3 is 2.67 bits per heavy atom. The zero-order chi connectivity index (χ0) is 15.2. The minimum absolute atomic E-state index is 0.215. The Morgan fingerprint density at radius 2 is 2.00 bits per heavy atom. The number of amides is 1. The summed E-state index contributed by atoms with van der Waals surface area (Å²) in [7, 11) is 0. The molecular formula is C16H15BrFNO2. The van der Waals surface area contributed by atoms with Gasteiger partial charge in [0.15, 0.2) is 0 Å². The van der Waals surface area contributed by atoms with E-state index in [0.29, 0.717) is 4.47 Å². The quantitative estimate of drug-likeness (QED) is 0.875. The first-order chi connectivity index (χ1) is 10.1. The van der Waals surface area contributed by atoms with Crippen molar-refractivity contribution in [1.29, 1.82) is 0 Å². The van der Waals surface area contributed by atoms with Crippen molar-refractivity contribution in [3.63, 3.8) is 0 Å². The molecule has 0 aliphatic carbocycles. The Labute approximate surface area is 131 Å². The monoisotopic (exact) mass is 351 g/mol. The second-order valence-corrected chi connectivity index (χ2v) is 5.46. The van der Waals surface area contributed by atoms with E-state index in [0.717, 1.165) is 11.1 Å². The fourth-order valence-corrected chi connectivity index (χ4v) is 2.20. The molecule has 0 aromatic heterocycles. The number of benzene rings is 2. The van der Waals surface area contributed by atoms with Gasteiger partial charge in [-0.25, -0.2) is 9.18 Å². The van der Waals surface area contributed by atoms with Crippen LogP contribution in [0.5, 0.6) is 0 Å². The molecule has 2 aromatic carbocycles. The summed E-state index contributed by atoms with van der Waals surface area (Å²) < 4.78 is 18.7.